The van der Waals surface area contributed by atoms with Crippen LogP contribution in [-0.2, 0) is 11.2 Å². The number of hydrogen-bond acceptors (Lipinski definition) is 4. The molecule has 1 atom stereocenters. The Hall–Kier alpha value is -3.12. The van der Waals surface area contributed by atoms with Gasteiger partial charge in [0.05, 0.1) is 12.2 Å². The minimum atomic E-state index is -0.930. The van der Waals surface area contributed by atoms with Crippen molar-refractivity contribution in [1.29, 1.82) is 0 Å². The van der Waals surface area contributed by atoms with Crippen molar-refractivity contribution in [3.8, 4) is 5.75 Å². The van der Waals surface area contributed by atoms with Crippen molar-refractivity contribution in [3.05, 3.63) is 71.3 Å². The molecule has 1 aliphatic rings. The Kier molecular flexibility index (Phi) is 13.6. The van der Waals surface area contributed by atoms with Crippen LogP contribution in [0.4, 0.5) is 0 Å². The number of para-hydroxylation sites is 1. The molecule has 1 unspecified atom stereocenters. The number of carboxylic acid groups (broad SMARTS) is 2. The number of aromatic carboxylic acids is 1. The highest BCUT2D eigenvalue weighted by atomic mass is 16.5. The van der Waals surface area contributed by atoms with E-state index in [0.717, 1.165) is 42.6 Å². The fraction of sp³-hybridized carbons (Fsp3) is 0.515. The second-order valence-electron chi connectivity index (χ2n) is 10.7. The summed E-state index contributed by atoms with van der Waals surface area (Å²) in [5, 5.41) is 18.2. The van der Waals surface area contributed by atoms with E-state index in [4.69, 9.17) is 9.84 Å². The number of hydrogen-bond donors (Lipinski definition) is 2. The number of allylic oxidation sites excluding steroid dienone is 1. The summed E-state index contributed by atoms with van der Waals surface area (Å²) in [7, 11) is 0. The molecule has 3 rings (SSSR count). The number of benzene rings is 2. The van der Waals surface area contributed by atoms with E-state index in [1.165, 1.54) is 58.2 Å². The van der Waals surface area contributed by atoms with Gasteiger partial charge >= 0.3 is 11.9 Å². The quantitative estimate of drug-likeness (QED) is 0.206. The van der Waals surface area contributed by atoms with E-state index in [2.05, 4.69) is 23.1 Å². The van der Waals surface area contributed by atoms with Crippen LogP contribution < -0.4 is 4.74 Å². The highest BCUT2D eigenvalue weighted by molar-refractivity contribution is 5.87. The summed E-state index contributed by atoms with van der Waals surface area (Å²) < 4.78 is 6.17. The van der Waals surface area contributed by atoms with Gasteiger partial charge in [0.2, 0.25) is 0 Å². The first-order valence-corrected chi connectivity index (χ1v) is 14.7. The fourth-order valence-electron chi connectivity index (χ4n) is 5.18. The molecule has 0 aromatic heterocycles. The number of rotatable bonds is 17. The number of ether oxygens (including phenoxy) is 1. The third-order valence-electron chi connectivity index (χ3n) is 7.46. The molecule has 6 nitrogen and oxygen atoms in total. The average molecular weight is 536 g/mol. The summed E-state index contributed by atoms with van der Waals surface area (Å²) in [6.07, 6.45) is 16.5. The topological polar surface area (TPSA) is 87.1 Å². The Morgan fingerprint density at radius 2 is 1.62 bits per heavy atom. The lowest BCUT2D eigenvalue weighted by atomic mass is 9.92. The van der Waals surface area contributed by atoms with Crippen LogP contribution >= 0.6 is 0 Å². The monoisotopic (exact) mass is 535 g/mol. The van der Waals surface area contributed by atoms with Crippen molar-refractivity contribution >= 4 is 18.0 Å². The van der Waals surface area contributed by atoms with E-state index in [1.807, 2.05) is 30.3 Å². The van der Waals surface area contributed by atoms with Crippen molar-refractivity contribution in [2.45, 2.75) is 77.0 Å². The molecule has 1 saturated heterocycles. The summed E-state index contributed by atoms with van der Waals surface area (Å²) in [5.74, 6) is -0.599. The summed E-state index contributed by atoms with van der Waals surface area (Å²) in [4.78, 5) is 24.7. The first kappa shape index (κ1) is 30.4. The van der Waals surface area contributed by atoms with Crippen LogP contribution in [0.15, 0.2) is 54.6 Å². The van der Waals surface area contributed by atoms with Gasteiger partial charge in [-0.1, -0.05) is 61.7 Å². The number of unbranched alkanes of at least 4 members (excludes halogenated alkanes) is 3. The molecule has 0 bridgehead atoms. The van der Waals surface area contributed by atoms with E-state index in [1.54, 1.807) is 12.1 Å². The SMILES string of the molecule is O=C(O)CCCCC(/C=C/c1ccccc1OCCCCCN1CCCCCC1)Cc1ccc(C(=O)O)cc1. The highest BCUT2D eigenvalue weighted by Gasteiger charge is 2.11. The second-order valence-corrected chi connectivity index (χ2v) is 10.7. The van der Waals surface area contributed by atoms with Crippen LogP contribution in [0.25, 0.3) is 6.08 Å². The minimum Gasteiger partial charge on any atom is -0.493 e. The van der Waals surface area contributed by atoms with Gasteiger partial charge in [-0.3, -0.25) is 4.79 Å². The molecule has 1 aliphatic heterocycles. The first-order valence-electron chi connectivity index (χ1n) is 14.7. The van der Waals surface area contributed by atoms with Gasteiger partial charge in [0.15, 0.2) is 0 Å². The number of aliphatic carboxylic acids is 1. The molecule has 0 amide bonds. The van der Waals surface area contributed by atoms with E-state index in [9.17, 15) is 14.7 Å². The van der Waals surface area contributed by atoms with E-state index in [-0.39, 0.29) is 17.9 Å². The van der Waals surface area contributed by atoms with Crippen LogP contribution in [-0.4, -0.2) is 53.3 Å². The van der Waals surface area contributed by atoms with Crippen LogP contribution in [0.1, 0.15) is 92.1 Å². The van der Waals surface area contributed by atoms with Crippen molar-refractivity contribution in [2.24, 2.45) is 5.92 Å². The van der Waals surface area contributed by atoms with Crippen LogP contribution in [0.3, 0.4) is 0 Å². The van der Waals surface area contributed by atoms with Gasteiger partial charge < -0.3 is 19.8 Å². The molecule has 1 heterocycles. The van der Waals surface area contributed by atoms with E-state index in [0.29, 0.717) is 13.0 Å². The maximum Gasteiger partial charge on any atom is 0.335 e. The summed E-state index contributed by atoms with van der Waals surface area (Å²) >= 11 is 0. The lowest BCUT2D eigenvalue weighted by Crippen LogP contribution is -2.25. The first-order chi connectivity index (χ1) is 19.0. The molecule has 39 heavy (non-hydrogen) atoms. The van der Waals surface area contributed by atoms with Crippen LogP contribution in [0.5, 0.6) is 5.75 Å². The number of carbonyl (C=O) groups is 2. The number of carboxylic acids is 2. The highest BCUT2D eigenvalue weighted by Crippen LogP contribution is 2.24. The summed E-state index contributed by atoms with van der Waals surface area (Å²) in [6.45, 7) is 4.42. The van der Waals surface area contributed by atoms with Gasteiger partial charge in [0, 0.05) is 12.0 Å². The molecule has 2 aromatic carbocycles. The predicted molar refractivity (Wildman–Crippen MR) is 156 cm³/mol. The smallest absolute Gasteiger partial charge is 0.335 e. The molecule has 1 fully saturated rings. The lowest BCUT2D eigenvalue weighted by molar-refractivity contribution is -0.137. The van der Waals surface area contributed by atoms with Crippen molar-refractivity contribution in [1.82, 2.24) is 4.90 Å². The Labute approximate surface area is 233 Å². The third kappa shape index (κ3) is 12.1. The molecule has 2 aromatic rings. The van der Waals surface area contributed by atoms with Crippen molar-refractivity contribution in [2.75, 3.05) is 26.2 Å². The summed E-state index contributed by atoms with van der Waals surface area (Å²) in [5.41, 5.74) is 2.39. The number of nitrogens with zero attached hydrogens (tertiary/aromatic N) is 1. The summed E-state index contributed by atoms with van der Waals surface area (Å²) in [6, 6.07) is 15.1. The molecule has 6 heteroatoms. The predicted octanol–water partition coefficient (Wildman–Crippen LogP) is 7.33. The van der Waals surface area contributed by atoms with E-state index < -0.39 is 11.9 Å². The molecule has 2 N–H and O–H groups in total. The second kappa shape index (κ2) is 17.5. The Bertz CT molecular complexity index is 1020. The van der Waals surface area contributed by atoms with Crippen molar-refractivity contribution in [3.63, 3.8) is 0 Å². The standard InChI is InChI=1S/C33H45NO5/c35-32(36)15-7-4-12-27(26-28-17-20-30(21-18-28)33(37)38)16-19-29-13-5-6-14-31(29)39-25-11-3-10-24-34-22-8-1-2-9-23-34/h5-6,13-14,16-21,27H,1-4,7-12,15,22-26H2,(H,35,36)(H,37,38)/b19-16+. The van der Waals surface area contributed by atoms with Crippen LogP contribution in [0, 0.1) is 5.92 Å². The zero-order valence-corrected chi connectivity index (χ0v) is 23.2. The zero-order valence-electron chi connectivity index (χ0n) is 23.2. The molecule has 0 aliphatic carbocycles. The maximum absolute atomic E-state index is 11.2. The van der Waals surface area contributed by atoms with Gasteiger partial charge in [0.1, 0.15) is 5.75 Å². The largest absolute Gasteiger partial charge is 0.493 e. The molecule has 212 valence electrons. The Morgan fingerprint density at radius 1 is 0.872 bits per heavy atom. The molecular weight excluding hydrogens is 490 g/mol. The fourth-order valence-corrected chi connectivity index (χ4v) is 5.18. The Morgan fingerprint density at radius 3 is 2.33 bits per heavy atom. The Balaban J connectivity index is 1.52. The third-order valence-corrected chi connectivity index (χ3v) is 7.46. The molecule has 0 radical (unpaired) electrons. The van der Waals surface area contributed by atoms with E-state index >= 15 is 0 Å². The van der Waals surface area contributed by atoms with Gasteiger partial charge in [-0.25, -0.2) is 4.79 Å². The maximum atomic E-state index is 11.2. The molecule has 0 saturated carbocycles. The van der Waals surface area contributed by atoms with Gasteiger partial charge in [-0.15, -0.1) is 0 Å². The number of likely N-dealkylation sites (tertiary alicyclic amines) is 1. The van der Waals surface area contributed by atoms with Crippen molar-refractivity contribution < 1.29 is 24.5 Å². The van der Waals surface area contributed by atoms with Crippen LogP contribution in [0.2, 0.25) is 0 Å². The molecular formula is C33H45NO5. The van der Waals surface area contributed by atoms with Gasteiger partial charge in [-0.2, -0.15) is 0 Å². The average Bonchev–Trinajstić information content (AvgIpc) is 3.21. The zero-order chi connectivity index (χ0) is 27.7. The lowest BCUT2D eigenvalue weighted by Gasteiger charge is -2.19. The normalized spacial score (nSPS) is 15.2. The van der Waals surface area contributed by atoms with Gasteiger partial charge in [-0.05, 0) is 101 Å². The van der Waals surface area contributed by atoms with Gasteiger partial charge in [0.25, 0.3) is 0 Å². The minimum absolute atomic E-state index is 0.179. The molecule has 0 spiro atoms.